The molecule has 2 aromatic rings. The first-order valence-electron chi connectivity index (χ1n) is 8.11. The van der Waals surface area contributed by atoms with Gasteiger partial charge in [0.1, 0.15) is 11.7 Å². The van der Waals surface area contributed by atoms with Crippen molar-refractivity contribution in [1.29, 1.82) is 5.26 Å². The van der Waals surface area contributed by atoms with Gasteiger partial charge in [0.15, 0.2) is 0 Å². The molecule has 1 saturated carbocycles. The van der Waals surface area contributed by atoms with Crippen LogP contribution in [0.4, 0.5) is 0 Å². The molecule has 3 N–H and O–H groups in total. The Balaban J connectivity index is 0.000000260. The van der Waals surface area contributed by atoms with Gasteiger partial charge in [-0.05, 0) is 37.9 Å². The number of hydrogen-bond acceptors (Lipinski definition) is 5. The van der Waals surface area contributed by atoms with Gasteiger partial charge >= 0.3 is 11.9 Å². The second kappa shape index (κ2) is 8.78. The lowest BCUT2D eigenvalue weighted by Crippen LogP contribution is -2.23. The molecule has 0 saturated heterocycles. The number of aromatic nitrogens is 2. The molecule has 1 fully saturated rings. The monoisotopic (exact) mass is 356 g/mol. The third-order valence-corrected chi connectivity index (χ3v) is 4.02. The molecule has 0 bridgehead atoms. The molecule has 0 atom stereocenters. The number of H-pyrrole nitrogens is 1. The summed E-state index contributed by atoms with van der Waals surface area (Å²) in [5.41, 5.74) is 2.75. The highest BCUT2D eigenvalue weighted by atomic mass is 16.4. The fourth-order valence-corrected chi connectivity index (χ4v) is 2.46. The number of pyridine rings is 1. The number of carbonyl (C=O) groups is 2. The fourth-order valence-electron chi connectivity index (χ4n) is 2.46. The summed E-state index contributed by atoms with van der Waals surface area (Å²) < 4.78 is 0. The molecular weight excluding hydrogens is 336 g/mol. The van der Waals surface area contributed by atoms with Crippen molar-refractivity contribution < 1.29 is 19.8 Å². The predicted octanol–water partition coefficient (Wildman–Crippen LogP) is 1.78. The molecule has 3 rings (SSSR count). The first-order valence-corrected chi connectivity index (χ1v) is 8.11. The molecule has 0 aromatic carbocycles. The number of fused-ring (bicyclic) bond motifs is 1. The van der Waals surface area contributed by atoms with Crippen molar-refractivity contribution in [3.8, 4) is 6.07 Å². The van der Waals surface area contributed by atoms with E-state index in [4.69, 9.17) is 15.5 Å². The number of carboxylic acid groups (broad SMARTS) is 2. The Bertz CT molecular complexity index is 846. The van der Waals surface area contributed by atoms with Crippen LogP contribution in [0.5, 0.6) is 0 Å². The van der Waals surface area contributed by atoms with Gasteiger partial charge in [0.2, 0.25) is 0 Å². The Morgan fingerprint density at radius 1 is 1.38 bits per heavy atom. The average molecular weight is 356 g/mol. The van der Waals surface area contributed by atoms with Gasteiger partial charge in [-0.3, -0.25) is 0 Å². The largest absolute Gasteiger partial charge is 0.478 e. The number of aliphatic carboxylic acids is 2. The zero-order chi connectivity index (χ0) is 19.1. The lowest BCUT2D eigenvalue weighted by Gasteiger charge is -2.14. The maximum Gasteiger partial charge on any atom is 0.328 e. The van der Waals surface area contributed by atoms with Gasteiger partial charge in [0.05, 0.1) is 5.56 Å². The SMILES string of the molecule is CN(CCc1c[nH]c2ncc(C#N)cc12)C1CC1.O=C(O)/C=C/C(=O)O. The minimum absolute atomic E-state index is 0.558. The third kappa shape index (κ3) is 5.72. The first-order chi connectivity index (χ1) is 12.4. The normalized spacial score (nSPS) is 13.4. The van der Waals surface area contributed by atoms with Crippen LogP contribution < -0.4 is 0 Å². The van der Waals surface area contributed by atoms with E-state index in [0.29, 0.717) is 17.7 Å². The van der Waals surface area contributed by atoms with Gasteiger partial charge in [-0.25, -0.2) is 14.6 Å². The van der Waals surface area contributed by atoms with Gasteiger partial charge in [0.25, 0.3) is 0 Å². The van der Waals surface area contributed by atoms with E-state index in [1.165, 1.54) is 18.4 Å². The summed E-state index contributed by atoms with van der Waals surface area (Å²) in [5, 5.41) is 25.6. The molecule has 0 aliphatic heterocycles. The number of carboxylic acids is 2. The lowest BCUT2D eigenvalue weighted by molar-refractivity contribution is -0.134. The average Bonchev–Trinajstić information content (AvgIpc) is 3.39. The van der Waals surface area contributed by atoms with E-state index in [1.54, 1.807) is 6.20 Å². The van der Waals surface area contributed by atoms with Crippen LogP contribution in [0, 0.1) is 11.3 Å². The summed E-state index contributed by atoms with van der Waals surface area (Å²) in [4.78, 5) is 28.9. The molecule has 8 heteroatoms. The highest BCUT2D eigenvalue weighted by Crippen LogP contribution is 2.26. The molecule has 0 unspecified atom stereocenters. The van der Waals surface area contributed by atoms with Gasteiger partial charge in [-0.15, -0.1) is 0 Å². The molecule has 0 spiro atoms. The number of aromatic amines is 1. The van der Waals surface area contributed by atoms with Crippen LogP contribution in [-0.4, -0.2) is 56.7 Å². The second-order valence-corrected chi connectivity index (χ2v) is 6.02. The summed E-state index contributed by atoms with van der Waals surface area (Å²) >= 11 is 0. The predicted molar refractivity (Wildman–Crippen MR) is 94.6 cm³/mol. The molecule has 0 radical (unpaired) electrons. The summed E-state index contributed by atoms with van der Waals surface area (Å²) in [6.45, 7) is 1.06. The van der Waals surface area contributed by atoms with E-state index in [1.807, 2.05) is 12.3 Å². The van der Waals surface area contributed by atoms with E-state index in [-0.39, 0.29) is 0 Å². The van der Waals surface area contributed by atoms with E-state index in [0.717, 1.165) is 30.0 Å². The molecular formula is C18H20N4O4. The van der Waals surface area contributed by atoms with Crippen molar-refractivity contribution in [2.45, 2.75) is 25.3 Å². The quantitative estimate of drug-likeness (QED) is 0.672. The van der Waals surface area contributed by atoms with E-state index >= 15 is 0 Å². The van der Waals surface area contributed by atoms with Gasteiger partial charge < -0.3 is 20.1 Å². The molecule has 8 nitrogen and oxygen atoms in total. The van der Waals surface area contributed by atoms with Crippen molar-refractivity contribution in [3.05, 3.63) is 41.7 Å². The van der Waals surface area contributed by atoms with Crippen LogP contribution in [-0.2, 0) is 16.0 Å². The van der Waals surface area contributed by atoms with Crippen molar-refractivity contribution in [2.24, 2.45) is 0 Å². The van der Waals surface area contributed by atoms with E-state index in [9.17, 15) is 9.59 Å². The van der Waals surface area contributed by atoms with Crippen molar-refractivity contribution in [1.82, 2.24) is 14.9 Å². The molecule has 2 aromatic heterocycles. The molecule has 26 heavy (non-hydrogen) atoms. The summed E-state index contributed by atoms with van der Waals surface area (Å²) in [6, 6.07) is 4.86. The number of nitriles is 1. The molecule has 2 heterocycles. The van der Waals surface area contributed by atoms with E-state index in [2.05, 4.69) is 28.0 Å². The fraction of sp³-hybridized carbons (Fsp3) is 0.333. The van der Waals surface area contributed by atoms with Crippen molar-refractivity contribution >= 4 is 23.0 Å². The van der Waals surface area contributed by atoms with Crippen LogP contribution in [0.25, 0.3) is 11.0 Å². The Morgan fingerprint density at radius 2 is 2.04 bits per heavy atom. The second-order valence-electron chi connectivity index (χ2n) is 6.02. The standard InChI is InChI=1S/C14H16N4.C4H4O4/c1-18(12-2-3-12)5-4-11-9-17-14-13(11)6-10(7-15)8-16-14;5-3(6)1-2-4(7)8/h6,8-9,12H,2-5H2,1H3,(H,16,17);1-2H,(H,5,6)(H,7,8)/b;2-1+. The van der Waals surface area contributed by atoms with Crippen LogP contribution in [0.3, 0.4) is 0 Å². The van der Waals surface area contributed by atoms with Crippen molar-refractivity contribution in [2.75, 3.05) is 13.6 Å². The third-order valence-electron chi connectivity index (χ3n) is 4.02. The van der Waals surface area contributed by atoms with Gasteiger partial charge in [-0.2, -0.15) is 5.26 Å². The molecule has 1 aliphatic rings. The number of likely N-dealkylation sites (N-methyl/N-ethyl adjacent to an activating group) is 1. The maximum absolute atomic E-state index is 9.55. The summed E-state index contributed by atoms with van der Waals surface area (Å²) in [7, 11) is 2.19. The highest BCUT2D eigenvalue weighted by molar-refractivity contribution is 5.89. The number of hydrogen-bond donors (Lipinski definition) is 3. The van der Waals surface area contributed by atoms with Crippen LogP contribution in [0.1, 0.15) is 24.0 Å². The number of nitrogens with one attached hydrogen (secondary N) is 1. The molecule has 0 amide bonds. The topological polar surface area (TPSA) is 130 Å². The van der Waals surface area contributed by atoms with Gasteiger partial charge in [-0.1, -0.05) is 0 Å². The number of rotatable bonds is 6. The van der Waals surface area contributed by atoms with Gasteiger partial charge in [0, 0.05) is 42.5 Å². The summed E-state index contributed by atoms with van der Waals surface area (Å²) in [5.74, 6) is -2.51. The highest BCUT2D eigenvalue weighted by Gasteiger charge is 2.25. The zero-order valence-corrected chi connectivity index (χ0v) is 14.3. The van der Waals surface area contributed by atoms with Crippen LogP contribution in [0.15, 0.2) is 30.6 Å². The summed E-state index contributed by atoms with van der Waals surface area (Å²) in [6.07, 6.45) is 8.42. The Kier molecular flexibility index (Phi) is 6.47. The molecule has 1 aliphatic carbocycles. The Labute approximate surface area is 150 Å². The first kappa shape index (κ1) is 19.1. The number of nitrogens with zero attached hydrogens (tertiary/aromatic N) is 3. The van der Waals surface area contributed by atoms with Crippen LogP contribution in [0.2, 0.25) is 0 Å². The lowest BCUT2D eigenvalue weighted by atomic mass is 10.1. The zero-order valence-electron chi connectivity index (χ0n) is 14.3. The Morgan fingerprint density at radius 3 is 2.58 bits per heavy atom. The van der Waals surface area contributed by atoms with E-state index < -0.39 is 11.9 Å². The van der Waals surface area contributed by atoms with Crippen LogP contribution >= 0.6 is 0 Å². The Hall–Kier alpha value is -3.18. The maximum atomic E-state index is 9.55. The smallest absolute Gasteiger partial charge is 0.328 e. The molecule has 136 valence electrons. The minimum Gasteiger partial charge on any atom is -0.478 e. The van der Waals surface area contributed by atoms with Crippen molar-refractivity contribution in [3.63, 3.8) is 0 Å². The minimum atomic E-state index is -1.26.